The molecule has 29 heavy (non-hydrogen) atoms. The zero-order valence-electron chi connectivity index (χ0n) is 17.2. The first kappa shape index (κ1) is 20.1. The van der Waals surface area contributed by atoms with Crippen LogP contribution < -0.4 is 0 Å². The van der Waals surface area contributed by atoms with Crippen LogP contribution in [0.3, 0.4) is 0 Å². The number of aliphatic hydroxyl groups is 1. The number of hydrogen-bond donors (Lipinski definition) is 2. The SMILES string of the molecule is Cc1ncc(CO)c(CN2[C@@]3(C#N)CCCC[C@@H]3C[C@@H]3CCCC[C@@]32C#N)c1O. The van der Waals surface area contributed by atoms with Crippen molar-refractivity contribution < 1.29 is 10.2 Å². The van der Waals surface area contributed by atoms with Crippen LogP contribution in [0.15, 0.2) is 6.20 Å². The number of hydrogen-bond acceptors (Lipinski definition) is 6. The number of likely N-dealkylation sites (tertiary alicyclic amines) is 1. The van der Waals surface area contributed by atoms with E-state index in [0.717, 1.165) is 57.8 Å². The molecule has 0 aromatic carbocycles. The van der Waals surface area contributed by atoms with E-state index in [4.69, 9.17) is 0 Å². The molecule has 0 spiro atoms. The lowest BCUT2D eigenvalue weighted by Crippen LogP contribution is -2.70. The van der Waals surface area contributed by atoms with Crippen molar-refractivity contribution in [3.05, 3.63) is 23.0 Å². The van der Waals surface area contributed by atoms with Crippen molar-refractivity contribution >= 4 is 0 Å². The van der Waals surface area contributed by atoms with Crippen LogP contribution >= 0.6 is 0 Å². The lowest BCUT2D eigenvalue weighted by atomic mass is 9.57. The fourth-order valence-corrected chi connectivity index (χ4v) is 6.34. The molecule has 4 atom stereocenters. The molecule has 2 saturated carbocycles. The van der Waals surface area contributed by atoms with E-state index in [9.17, 15) is 20.7 Å². The van der Waals surface area contributed by atoms with Gasteiger partial charge in [0, 0.05) is 23.9 Å². The Hall–Kier alpha value is -2.15. The molecule has 154 valence electrons. The van der Waals surface area contributed by atoms with Gasteiger partial charge in [0.2, 0.25) is 0 Å². The van der Waals surface area contributed by atoms with Crippen LogP contribution in [0.4, 0.5) is 0 Å². The maximum atomic E-state index is 10.8. The number of aliphatic hydroxyl groups excluding tert-OH is 1. The van der Waals surface area contributed by atoms with Gasteiger partial charge in [-0.3, -0.25) is 9.88 Å². The van der Waals surface area contributed by atoms with Crippen molar-refractivity contribution in [1.29, 1.82) is 10.5 Å². The van der Waals surface area contributed by atoms with Gasteiger partial charge in [-0.15, -0.1) is 0 Å². The summed E-state index contributed by atoms with van der Waals surface area (Å²) in [6, 6.07) is 5.34. The van der Waals surface area contributed by atoms with Crippen molar-refractivity contribution in [3.8, 4) is 17.9 Å². The van der Waals surface area contributed by atoms with Gasteiger partial charge in [-0.1, -0.05) is 25.7 Å². The molecule has 2 heterocycles. The van der Waals surface area contributed by atoms with Gasteiger partial charge >= 0.3 is 0 Å². The van der Waals surface area contributed by atoms with Gasteiger partial charge in [-0.05, 0) is 50.9 Å². The summed E-state index contributed by atoms with van der Waals surface area (Å²) in [5, 5.41) is 41.6. The van der Waals surface area contributed by atoms with Crippen molar-refractivity contribution in [2.24, 2.45) is 11.8 Å². The lowest BCUT2D eigenvalue weighted by molar-refractivity contribution is -0.117. The summed E-state index contributed by atoms with van der Waals surface area (Å²) in [5.41, 5.74) is 0.321. The van der Waals surface area contributed by atoms with Crippen LogP contribution in [-0.2, 0) is 13.2 Å². The summed E-state index contributed by atoms with van der Waals surface area (Å²) in [4.78, 5) is 6.34. The number of aromatic nitrogens is 1. The maximum absolute atomic E-state index is 10.8. The van der Waals surface area contributed by atoms with E-state index in [1.54, 1.807) is 13.1 Å². The number of nitriles is 2. The Bertz CT molecular complexity index is 833. The van der Waals surface area contributed by atoms with Crippen LogP contribution in [0.5, 0.6) is 5.75 Å². The zero-order chi connectivity index (χ0) is 20.6. The molecule has 6 nitrogen and oxygen atoms in total. The maximum Gasteiger partial charge on any atom is 0.141 e. The number of pyridine rings is 1. The van der Waals surface area contributed by atoms with Gasteiger partial charge in [-0.2, -0.15) is 10.5 Å². The van der Waals surface area contributed by atoms with Crippen molar-refractivity contribution in [2.45, 2.75) is 88.9 Å². The number of piperidine rings is 1. The monoisotopic (exact) mass is 394 g/mol. The van der Waals surface area contributed by atoms with Crippen LogP contribution in [0.25, 0.3) is 0 Å². The lowest BCUT2D eigenvalue weighted by Gasteiger charge is -2.61. The van der Waals surface area contributed by atoms with Gasteiger partial charge < -0.3 is 10.2 Å². The zero-order valence-corrected chi connectivity index (χ0v) is 17.2. The highest BCUT2D eigenvalue weighted by atomic mass is 16.3. The minimum atomic E-state index is -0.682. The molecule has 0 amide bonds. The Morgan fingerprint density at radius 1 is 1.10 bits per heavy atom. The first-order chi connectivity index (χ1) is 14.0. The average Bonchev–Trinajstić information content (AvgIpc) is 2.76. The second-order valence-electron chi connectivity index (χ2n) is 9.13. The highest BCUT2D eigenvalue weighted by Gasteiger charge is 2.61. The van der Waals surface area contributed by atoms with E-state index in [1.807, 2.05) is 0 Å². The number of nitrogens with zero attached hydrogens (tertiary/aromatic N) is 4. The fraction of sp³-hybridized carbons (Fsp3) is 0.696. The molecule has 0 unspecified atom stereocenters. The van der Waals surface area contributed by atoms with E-state index >= 15 is 0 Å². The molecule has 4 rings (SSSR count). The second kappa shape index (κ2) is 7.59. The van der Waals surface area contributed by atoms with Gasteiger partial charge in [0.25, 0.3) is 0 Å². The van der Waals surface area contributed by atoms with E-state index in [-0.39, 0.29) is 24.2 Å². The van der Waals surface area contributed by atoms with Gasteiger partial charge in [0.05, 0.1) is 24.4 Å². The number of aryl methyl sites for hydroxylation is 1. The third-order valence-corrected chi connectivity index (χ3v) is 7.91. The van der Waals surface area contributed by atoms with Gasteiger partial charge in [0.15, 0.2) is 0 Å². The molecule has 2 N–H and O–H groups in total. The van der Waals surface area contributed by atoms with Crippen LogP contribution in [0.2, 0.25) is 0 Å². The molecule has 1 aromatic rings. The molecule has 1 aliphatic heterocycles. The van der Waals surface area contributed by atoms with E-state index < -0.39 is 11.1 Å². The summed E-state index contributed by atoms with van der Waals surface area (Å²) >= 11 is 0. The minimum absolute atomic E-state index is 0.0722. The predicted molar refractivity (Wildman–Crippen MR) is 107 cm³/mol. The molecular weight excluding hydrogens is 364 g/mol. The quantitative estimate of drug-likeness (QED) is 0.810. The molecular formula is C23H30N4O2. The Kier molecular flexibility index (Phi) is 5.27. The first-order valence-electron chi connectivity index (χ1n) is 10.9. The third-order valence-electron chi connectivity index (χ3n) is 7.91. The van der Waals surface area contributed by atoms with Crippen LogP contribution in [0, 0.1) is 41.4 Å². The largest absolute Gasteiger partial charge is 0.506 e. The third kappa shape index (κ3) is 2.93. The van der Waals surface area contributed by atoms with Crippen molar-refractivity contribution in [2.75, 3.05) is 0 Å². The highest BCUT2D eigenvalue weighted by Crippen LogP contribution is 2.56. The Morgan fingerprint density at radius 2 is 1.69 bits per heavy atom. The van der Waals surface area contributed by atoms with Crippen molar-refractivity contribution in [1.82, 2.24) is 9.88 Å². The van der Waals surface area contributed by atoms with E-state index in [0.29, 0.717) is 23.4 Å². The fourth-order valence-electron chi connectivity index (χ4n) is 6.34. The highest BCUT2D eigenvalue weighted by molar-refractivity contribution is 5.42. The Morgan fingerprint density at radius 3 is 2.21 bits per heavy atom. The Balaban J connectivity index is 1.87. The van der Waals surface area contributed by atoms with E-state index in [2.05, 4.69) is 22.0 Å². The molecule has 2 aliphatic carbocycles. The summed E-state index contributed by atoms with van der Waals surface area (Å²) < 4.78 is 0. The number of aromatic hydroxyl groups is 1. The average molecular weight is 395 g/mol. The molecule has 1 aromatic heterocycles. The normalized spacial score (nSPS) is 34.5. The molecule has 0 radical (unpaired) electrons. The molecule has 1 saturated heterocycles. The standard InChI is InChI=1S/C23H30N4O2/c1-16-21(29)20(17(13-28)11-26-16)12-27-22(14-24)8-4-2-6-18(22)10-19-7-3-5-9-23(19,27)15-25/h11,18-19,28-29H,2-10,12-13H2,1H3/t18-,19+,22-,23-/m1/s1. The topological polar surface area (TPSA) is 104 Å². The number of fused-ring (bicyclic) bond motifs is 2. The van der Waals surface area contributed by atoms with E-state index in [1.165, 1.54) is 0 Å². The molecule has 3 aliphatic rings. The first-order valence-corrected chi connectivity index (χ1v) is 10.9. The summed E-state index contributed by atoms with van der Waals surface area (Å²) in [6.45, 7) is 1.82. The molecule has 0 bridgehead atoms. The van der Waals surface area contributed by atoms with Gasteiger partial charge in [0.1, 0.15) is 16.8 Å². The molecule has 6 heteroatoms. The Labute approximate surface area is 172 Å². The minimum Gasteiger partial charge on any atom is -0.506 e. The summed E-state index contributed by atoms with van der Waals surface area (Å²) in [7, 11) is 0. The number of rotatable bonds is 3. The van der Waals surface area contributed by atoms with Crippen molar-refractivity contribution in [3.63, 3.8) is 0 Å². The molecule has 3 fully saturated rings. The summed E-state index contributed by atoms with van der Waals surface area (Å²) in [6.07, 6.45) is 10.4. The summed E-state index contributed by atoms with van der Waals surface area (Å²) in [5.74, 6) is 0.588. The smallest absolute Gasteiger partial charge is 0.141 e. The predicted octanol–water partition coefficient (Wildman–Crippen LogP) is 3.70. The second-order valence-corrected chi connectivity index (χ2v) is 9.13. The van der Waals surface area contributed by atoms with Crippen LogP contribution in [0.1, 0.15) is 74.6 Å². The van der Waals surface area contributed by atoms with Gasteiger partial charge in [-0.25, -0.2) is 0 Å². The van der Waals surface area contributed by atoms with Crippen LogP contribution in [-0.4, -0.2) is 31.2 Å².